The number of rotatable bonds is 4. The number of halogens is 3. The van der Waals surface area contributed by atoms with Crippen LogP contribution in [-0.2, 0) is 15.8 Å². The Kier molecular flexibility index (Phi) is 5.07. The zero-order chi connectivity index (χ0) is 19.6. The summed E-state index contributed by atoms with van der Waals surface area (Å²) in [5.74, 6) is -0.686. The maximum Gasteiger partial charge on any atom is 0.418 e. The molecule has 0 aromatic heterocycles. The molecule has 142 valence electrons. The van der Waals surface area contributed by atoms with Crippen molar-refractivity contribution in [3.8, 4) is 5.75 Å². The number of hydrogen-bond acceptors (Lipinski definition) is 3. The lowest BCUT2D eigenvalue weighted by Crippen LogP contribution is -2.48. The summed E-state index contributed by atoms with van der Waals surface area (Å²) < 4.78 is 44.9. The van der Waals surface area contributed by atoms with Crippen molar-refractivity contribution in [2.24, 2.45) is 0 Å². The number of amides is 2. The number of nitrogens with one attached hydrogen (secondary N) is 1. The van der Waals surface area contributed by atoms with E-state index in [0.29, 0.717) is 17.9 Å². The lowest BCUT2D eigenvalue weighted by Gasteiger charge is -2.33. The summed E-state index contributed by atoms with van der Waals surface area (Å²) in [6.45, 7) is 1.36. The van der Waals surface area contributed by atoms with Gasteiger partial charge in [0.05, 0.1) is 16.9 Å². The van der Waals surface area contributed by atoms with Crippen molar-refractivity contribution in [1.82, 2.24) is 0 Å². The summed E-state index contributed by atoms with van der Waals surface area (Å²) in [6.07, 6.45) is -4.93. The third-order valence-corrected chi connectivity index (χ3v) is 4.15. The molecule has 0 saturated heterocycles. The maximum atomic E-state index is 13.1. The highest BCUT2D eigenvalue weighted by Crippen LogP contribution is 2.36. The topological polar surface area (TPSA) is 58.6 Å². The standard InChI is InChI=1S/C19H17F3N2O3/c1-2-15-18(26)24(14-9-5-6-10-16(14)27-15)11-17(25)23-13-8-4-3-7-12(13)19(20,21)22/h3-10,15H,2,11H2,1H3,(H,23,25). The number of benzene rings is 2. The Morgan fingerprint density at radius 1 is 1.15 bits per heavy atom. The fraction of sp³-hybridized carbons (Fsp3) is 0.263. The van der Waals surface area contributed by atoms with E-state index in [-0.39, 0.29) is 5.69 Å². The van der Waals surface area contributed by atoms with E-state index in [1.54, 1.807) is 31.2 Å². The van der Waals surface area contributed by atoms with Crippen LogP contribution in [0.5, 0.6) is 5.75 Å². The number of alkyl halides is 3. The smallest absolute Gasteiger partial charge is 0.418 e. The Hall–Kier alpha value is -3.03. The third kappa shape index (κ3) is 3.89. The van der Waals surface area contributed by atoms with Crippen LogP contribution in [0, 0.1) is 0 Å². The van der Waals surface area contributed by atoms with Gasteiger partial charge in [0, 0.05) is 0 Å². The second kappa shape index (κ2) is 7.30. The van der Waals surface area contributed by atoms with E-state index in [9.17, 15) is 22.8 Å². The van der Waals surface area contributed by atoms with E-state index >= 15 is 0 Å². The summed E-state index contributed by atoms with van der Waals surface area (Å²) in [5, 5.41) is 2.25. The van der Waals surface area contributed by atoms with Gasteiger partial charge in [-0.1, -0.05) is 31.2 Å². The first kappa shape index (κ1) is 18.8. The second-order valence-electron chi connectivity index (χ2n) is 6.00. The average Bonchev–Trinajstić information content (AvgIpc) is 2.63. The largest absolute Gasteiger partial charge is 0.478 e. The molecule has 1 atom stereocenters. The van der Waals surface area contributed by atoms with E-state index in [4.69, 9.17) is 4.74 Å². The van der Waals surface area contributed by atoms with Crippen LogP contribution in [0.4, 0.5) is 24.5 Å². The van der Waals surface area contributed by atoms with Crippen LogP contribution in [-0.4, -0.2) is 24.5 Å². The van der Waals surface area contributed by atoms with Gasteiger partial charge in [-0.15, -0.1) is 0 Å². The Labute approximate surface area is 153 Å². The van der Waals surface area contributed by atoms with E-state index in [2.05, 4.69) is 5.32 Å². The van der Waals surface area contributed by atoms with Gasteiger partial charge in [-0.25, -0.2) is 0 Å². The first-order valence-electron chi connectivity index (χ1n) is 8.34. The van der Waals surface area contributed by atoms with Gasteiger partial charge in [-0.2, -0.15) is 13.2 Å². The Morgan fingerprint density at radius 2 is 1.81 bits per heavy atom. The van der Waals surface area contributed by atoms with E-state index in [1.807, 2.05) is 0 Å². The van der Waals surface area contributed by atoms with Crippen molar-refractivity contribution in [2.45, 2.75) is 25.6 Å². The van der Waals surface area contributed by atoms with Gasteiger partial charge in [0.2, 0.25) is 5.91 Å². The van der Waals surface area contributed by atoms with Crippen molar-refractivity contribution >= 4 is 23.2 Å². The quantitative estimate of drug-likeness (QED) is 0.879. The Morgan fingerprint density at radius 3 is 2.52 bits per heavy atom. The molecule has 0 spiro atoms. The molecule has 2 amide bonds. The fourth-order valence-corrected chi connectivity index (χ4v) is 2.87. The lowest BCUT2D eigenvalue weighted by atomic mass is 10.1. The van der Waals surface area contributed by atoms with Gasteiger partial charge in [0.15, 0.2) is 6.10 Å². The zero-order valence-corrected chi connectivity index (χ0v) is 14.4. The SMILES string of the molecule is CCC1Oc2ccccc2N(CC(=O)Nc2ccccc2C(F)(F)F)C1=O. The van der Waals surface area contributed by atoms with Gasteiger partial charge >= 0.3 is 6.18 Å². The fourth-order valence-electron chi connectivity index (χ4n) is 2.87. The highest BCUT2D eigenvalue weighted by molar-refractivity contribution is 6.06. The number of nitrogens with zero attached hydrogens (tertiary/aromatic N) is 1. The van der Waals surface area contributed by atoms with Crippen molar-refractivity contribution in [1.29, 1.82) is 0 Å². The molecule has 5 nitrogen and oxygen atoms in total. The molecule has 1 N–H and O–H groups in total. The molecular weight excluding hydrogens is 361 g/mol. The van der Waals surface area contributed by atoms with Crippen molar-refractivity contribution in [3.63, 3.8) is 0 Å². The van der Waals surface area contributed by atoms with Crippen molar-refractivity contribution in [3.05, 3.63) is 54.1 Å². The highest BCUT2D eigenvalue weighted by Gasteiger charge is 2.36. The maximum absolute atomic E-state index is 13.1. The molecular formula is C19H17F3N2O3. The minimum Gasteiger partial charge on any atom is -0.478 e. The molecule has 2 aromatic rings. The lowest BCUT2D eigenvalue weighted by molar-refractivity contribution is -0.137. The molecule has 27 heavy (non-hydrogen) atoms. The van der Waals surface area contributed by atoms with Crippen LogP contribution >= 0.6 is 0 Å². The van der Waals surface area contributed by atoms with Crippen LogP contribution in [0.1, 0.15) is 18.9 Å². The summed E-state index contributed by atoms with van der Waals surface area (Å²) in [7, 11) is 0. The number of carbonyl (C=O) groups is 2. The number of para-hydroxylation sites is 3. The van der Waals surface area contributed by atoms with Crippen LogP contribution in [0.15, 0.2) is 48.5 Å². The minimum atomic E-state index is -4.60. The molecule has 1 unspecified atom stereocenters. The molecule has 1 heterocycles. The monoisotopic (exact) mass is 378 g/mol. The van der Waals surface area contributed by atoms with Crippen LogP contribution in [0.25, 0.3) is 0 Å². The summed E-state index contributed by atoms with van der Waals surface area (Å²) in [5.41, 5.74) is -0.888. The van der Waals surface area contributed by atoms with Crippen LogP contribution < -0.4 is 15.0 Å². The molecule has 0 radical (unpaired) electrons. The second-order valence-corrected chi connectivity index (χ2v) is 6.00. The molecule has 2 aromatic carbocycles. The number of hydrogen-bond donors (Lipinski definition) is 1. The zero-order valence-electron chi connectivity index (χ0n) is 14.4. The van der Waals surface area contributed by atoms with Gasteiger partial charge < -0.3 is 10.1 Å². The van der Waals surface area contributed by atoms with Gasteiger partial charge in [-0.3, -0.25) is 14.5 Å². The molecule has 0 bridgehead atoms. The first-order chi connectivity index (χ1) is 12.8. The number of ether oxygens (including phenoxy) is 1. The van der Waals surface area contributed by atoms with E-state index in [1.165, 1.54) is 23.1 Å². The van der Waals surface area contributed by atoms with Crippen LogP contribution in [0.2, 0.25) is 0 Å². The highest BCUT2D eigenvalue weighted by atomic mass is 19.4. The molecule has 1 aliphatic rings. The summed E-state index contributed by atoms with van der Waals surface area (Å²) in [6, 6.07) is 11.4. The predicted molar refractivity (Wildman–Crippen MR) is 93.6 cm³/mol. The van der Waals surface area contributed by atoms with E-state index < -0.39 is 36.2 Å². The van der Waals surface area contributed by atoms with Gasteiger partial charge in [0.25, 0.3) is 5.91 Å². The normalized spacial score (nSPS) is 16.5. The molecule has 0 saturated carbocycles. The van der Waals surface area contributed by atoms with Gasteiger partial charge in [0.1, 0.15) is 12.3 Å². The van der Waals surface area contributed by atoms with E-state index in [0.717, 1.165) is 6.07 Å². The minimum absolute atomic E-state index is 0.351. The molecule has 1 aliphatic heterocycles. The average molecular weight is 378 g/mol. The molecule has 3 rings (SSSR count). The summed E-state index contributed by atoms with van der Waals surface area (Å²) in [4.78, 5) is 26.2. The Bertz CT molecular complexity index is 867. The number of carbonyl (C=O) groups excluding carboxylic acids is 2. The first-order valence-corrected chi connectivity index (χ1v) is 8.34. The van der Waals surface area contributed by atoms with Crippen molar-refractivity contribution < 1.29 is 27.5 Å². The summed E-state index contributed by atoms with van der Waals surface area (Å²) >= 11 is 0. The number of fused-ring (bicyclic) bond motifs is 1. The van der Waals surface area contributed by atoms with Gasteiger partial charge in [-0.05, 0) is 30.7 Å². The molecule has 0 aliphatic carbocycles. The predicted octanol–water partition coefficient (Wildman–Crippen LogP) is 3.85. The number of anilines is 2. The molecule has 0 fully saturated rings. The molecule has 8 heteroatoms. The van der Waals surface area contributed by atoms with Crippen LogP contribution in [0.3, 0.4) is 0 Å². The Balaban J connectivity index is 1.83. The van der Waals surface area contributed by atoms with Crippen molar-refractivity contribution in [2.75, 3.05) is 16.8 Å². The third-order valence-electron chi connectivity index (χ3n) is 4.15.